The summed E-state index contributed by atoms with van der Waals surface area (Å²) in [6.45, 7) is 2.23. The zero-order valence-electron chi connectivity index (χ0n) is 9.17. The molecule has 0 spiro atoms. The Balaban J connectivity index is 2.42. The Morgan fingerprint density at radius 3 is 2.53 bits per heavy atom. The fourth-order valence-electron chi connectivity index (χ4n) is 2.51. The summed E-state index contributed by atoms with van der Waals surface area (Å²) in [5, 5.41) is 0. The van der Waals surface area contributed by atoms with Gasteiger partial charge in [-0.1, -0.05) is 30.7 Å². The largest absolute Gasteiger partial charge is 0.330 e. The molecule has 0 radical (unpaired) electrons. The summed E-state index contributed by atoms with van der Waals surface area (Å²) in [6.07, 6.45) is 2.53. The van der Waals surface area contributed by atoms with Gasteiger partial charge in [-0.05, 0) is 30.9 Å². The molecule has 1 aliphatic rings. The molecule has 2 N–H and O–H groups in total. The van der Waals surface area contributed by atoms with Crippen LogP contribution >= 0.6 is 0 Å². The summed E-state index contributed by atoms with van der Waals surface area (Å²) in [5.74, 6) is 0. The van der Waals surface area contributed by atoms with E-state index in [0.29, 0.717) is 6.54 Å². The summed E-state index contributed by atoms with van der Waals surface area (Å²) in [5.41, 5.74) is 7.87. The van der Waals surface area contributed by atoms with Crippen molar-refractivity contribution in [1.29, 1.82) is 0 Å². The second kappa shape index (κ2) is 3.93. The molecule has 2 heteroatoms. The number of alkyl halides is 1. The molecule has 0 aromatic heterocycles. The highest BCUT2D eigenvalue weighted by Gasteiger charge is 2.39. The van der Waals surface area contributed by atoms with Crippen molar-refractivity contribution in [1.82, 2.24) is 0 Å². The highest BCUT2D eigenvalue weighted by molar-refractivity contribution is 5.37. The summed E-state index contributed by atoms with van der Waals surface area (Å²) >= 11 is 0. The van der Waals surface area contributed by atoms with E-state index in [9.17, 15) is 4.39 Å². The van der Waals surface area contributed by atoms with E-state index in [1.54, 1.807) is 6.92 Å². The molecule has 1 aromatic carbocycles. The SMILES string of the molecule is CC(F)c1ccccc1C1(CN)CCC1. The number of rotatable bonds is 3. The molecule has 0 saturated heterocycles. The molecular weight excluding hydrogens is 189 g/mol. The minimum absolute atomic E-state index is 0.0664. The van der Waals surface area contributed by atoms with Gasteiger partial charge in [-0.2, -0.15) is 0 Å². The smallest absolute Gasteiger partial charge is 0.123 e. The molecule has 1 nitrogen and oxygen atoms in total. The van der Waals surface area contributed by atoms with Gasteiger partial charge in [-0.25, -0.2) is 4.39 Å². The Hall–Kier alpha value is -0.890. The van der Waals surface area contributed by atoms with E-state index < -0.39 is 6.17 Å². The molecule has 1 atom stereocenters. The second-order valence-corrected chi connectivity index (χ2v) is 4.54. The third-order valence-electron chi connectivity index (χ3n) is 3.66. The molecule has 82 valence electrons. The lowest BCUT2D eigenvalue weighted by Gasteiger charge is -2.43. The van der Waals surface area contributed by atoms with Crippen molar-refractivity contribution < 1.29 is 4.39 Å². The first-order valence-electron chi connectivity index (χ1n) is 5.63. The van der Waals surface area contributed by atoms with Crippen LogP contribution in [0.3, 0.4) is 0 Å². The Morgan fingerprint density at radius 2 is 2.07 bits per heavy atom. The van der Waals surface area contributed by atoms with Crippen LogP contribution < -0.4 is 5.73 Å². The highest BCUT2D eigenvalue weighted by Crippen LogP contribution is 2.45. The van der Waals surface area contributed by atoms with Gasteiger partial charge in [0.05, 0.1) is 0 Å². The van der Waals surface area contributed by atoms with E-state index in [2.05, 4.69) is 0 Å². The second-order valence-electron chi connectivity index (χ2n) is 4.54. The van der Waals surface area contributed by atoms with Gasteiger partial charge in [0, 0.05) is 12.0 Å². The number of halogens is 1. The molecule has 0 bridgehead atoms. The standard InChI is InChI=1S/C13H18FN/c1-10(14)11-5-2-3-6-12(11)13(9-15)7-4-8-13/h2-3,5-6,10H,4,7-9,15H2,1H3. The first-order valence-corrected chi connectivity index (χ1v) is 5.63. The normalized spacial score (nSPS) is 20.7. The zero-order chi connectivity index (χ0) is 10.9. The summed E-state index contributed by atoms with van der Waals surface area (Å²) in [4.78, 5) is 0. The first kappa shape index (κ1) is 10.6. The predicted octanol–water partition coefficient (Wildman–Crippen LogP) is 3.10. The van der Waals surface area contributed by atoms with Crippen molar-refractivity contribution in [3.8, 4) is 0 Å². The molecule has 0 amide bonds. The van der Waals surface area contributed by atoms with E-state index in [0.717, 1.165) is 24.0 Å². The first-order chi connectivity index (χ1) is 7.19. The van der Waals surface area contributed by atoms with Crippen LogP contribution in [-0.2, 0) is 5.41 Å². The maximum atomic E-state index is 13.5. The zero-order valence-corrected chi connectivity index (χ0v) is 9.17. The van der Waals surface area contributed by atoms with Crippen molar-refractivity contribution in [3.63, 3.8) is 0 Å². The van der Waals surface area contributed by atoms with Gasteiger partial charge in [0.2, 0.25) is 0 Å². The van der Waals surface area contributed by atoms with Gasteiger partial charge >= 0.3 is 0 Å². The maximum absolute atomic E-state index is 13.5. The van der Waals surface area contributed by atoms with Crippen molar-refractivity contribution in [2.24, 2.45) is 5.73 Å². The van der Waals surface area contributed by atoms with Crippen molar-refractivity contribution in [3.05, 3.63) is 35.4 Å². The van der Waals surface area contributed by atoms with Gasteiger partial charge in [-0.15, -0.1) is 0 Å². The van der Waals surface area contributed by atoms with E-state index in [1.807, 2.05) is 24.3 Å². The quantitative estimate of drug-likeness (QED) is 0.809. The molecule has 1 fully saturated rings. The lowest BCUT2D eigenvalue weighted by molar-refractivity contribution is 0.245. The van der Waals surface area contributed by atoms with Crippen LogP contribution in [0.4, 0.5) is 4.39 Å². The molecule has 0 heterocycles. The van der Waals surface area contributed by atoms with Gasteiger partial charge in [0.25, 0.3) is 0 Å². The number of nitrogens with two attached hydrogens (primary N) is 1. The minimum Gasteiger partial charge on any atom is -0.330 e. The van der Waals surface area contributed by atoms with Crippen LogP contribution in [-0.4, -0.2) is 6.54 Å². The van der Waals surface area contributed by atoms with Crippen LogP contribution in [0, 0.1) is 0 Å². The third-order valence-corrected chi connectivity index (χ3v) is 3.66. The molecule has 2 rings (SSSR count). The van der Waals surface area contributed by atoms with Gasteiger partial charge in [0.15, 0.2) is 0 Å². The molecule has 0 aliphatic heterocycles. The number of hydrogen-bond acceptors (Lipinski definition) is 1. The molecule has 1 aromatic rings. The van der Waals surface area contributed by atoms with Crippen LogP contribution in [0.1, 0.15) is 43.5 Å². The number of hydrogen-bond donors (Lipinski definition) is 1. The van der Waals surface area contributed by atoms with E-state index in [1.165, 1.54) is 6.42 Å². The maximum Gasteiger partial charge on any atom is 0.123 e. The monoisotopic (exact) mass is 207 g/mol. The van der Waals surface area contributed by atoms with Crippen molar-refractivity contribution in [2.45, 2.75) is 37.8 Å². The Morgan fingerprint density at radius 1 is 1.40 bits per heavy atom. The lowest BCUT2D eigenvalue weighted by Crippen LogP contribution is -2.42. The topological polar surface area (TPSA) is 26.0 Å². The van der Waals surface area contributed by atoms with E-state index in [-0.39, 0.29) is 5.41 Å². The predicted molar refractivity (Wildman–Crippen MR) is 60.5 cm³/mol. The average Bonchev–Trinajstić information content (AvgIpc) is 2.17. The Kier molecular flexibility index (Phi) is 2.79. The van der Waals surface area contributed by atoms with Gasteiger partial charge in [0.1, 0.15) is 6.17 Å². The molecule has 1 saturated carbocycles. The number of benzene rings is 1. The van der Waals surface area contributed by atoms with Crippen LogP contribution in [0.5, 0.6) is 0 Å². The van der Waals surface area contributed by atoms with Gasteiger partial charge < -0.3 is 5.73 Å². The summed E-state index contributed by atoms with van der Waals surface area (Å²) in [7, 11) is 0. The fourth-order valence-corrected chi connectivity index (χ4v) is 2.51. The minimum atomic E-state index is -0.898. The van der Waals surface area contributed by atoms with E-state index >= 15 is 0 Å². The van der Waals surface area contributed by atoms with Gasteiger partial charge in [-0.3, -0.25) is 0 Å². The summed E-state index contributed by atoms with van der Waals surface area (Å²) < 4.78 is 13.5. The average molecular weight is 207 g/mol. The molecule has 1 unspecified atom stereocenters. The van der Waals surface area contributed by atoms with Crippen molar-refractivity contribution >= 4 is 0 Å². The Labute approximate surface area is 90.5 Å². The summed E-state index contributed by atoms with van der Waals surface area (Å²) in [6, 6.07) is 7.81. The lowest BCUT2D eigenvalue weighted by atomic mass is 9.63. The van der Waals surface area contributed by atoms with E-state index in [4.69, 9.17) is 5.73 Å². The highest BCUT2D eigenvalue weighted by atomic mass is 19.1. The fraction of sp³-hybridized carbons (Fsp3) is 0.538. The van der Waals surface area contributed by atoms with Crippen molar-refractivity contribution in [2.75, 3.05) is 6.54 Å². The molecule has 15 heavy (non-hydrogen) atoms. The Bertz CT molecular complexity index is 337. The van der Waals surface area contributed by atoms with Crippen LogP contribution in [0.15, 0.2) is 24.3 Å². The van der Waals surface area contributed by atoms with Crippen LogP contribution in [0.2, 0.25) is 0 Å². The van der Waals surface area contributed by atoms with Crippen LogP contribution in [0.25, 0.3) is 0 Å². The molecule has 1 aliphatic carbocycles. The third kappa shape index (κ3) is 1.67. The molecular formula is C13H18FN.